The first-order valence-corrected chi connectivity index (χ1v) is 7.59. The molecule has 1 rings (SSSR count). The van der Waals surface area contributed by atoms with Crippen LogP contribution in [0.4, 0.5) is 0 Å². The maximum Gasteiger partial charge on any atom is 0.0702 e. The van der Waals surface area contributed by atoms with Gasteiger partial charge in [-0.2, -0.15) is 0 Å². The van der Waals surface area contributed by atoms with E-state index in [1.54, 1.807) is 0 Å². The predicted molar refractivity (Wildman–Crippen MR) is 74.1 cm³/mol. The molecule has 0 aromatic carbocycles. The van der Waals surface area contributed by atoms with Gasteiger partial charge in [-0.3, -0.25) is 0 Å². The number of piperidine rings is 1. The highest BCUT2D eigenvalue weighted by atomic mass is 16.3. The number of nitrogens with one attached hydrogen (secondary N) is 1. The van der Waals surface area contributed by atoms with Gasteiger partial charge in [-0.25, -0.2) is 0 Å². The third kappa shape index (κ3) is 4.26. The minimum absolute atomic E-state index is 0.394. The van der Waals surface area contributed by atoms with Crippen LogP contribution in [0.25, 0.3) is 0 Å². The predicted octanol–water partition coefficient (Wildman–Crippen LogP) is 3.34. The van der Waals surface area contributed by atoms with Crippen LogP contribution in [0.5, 0.6) is 0 Å². The van der Waals surface area contributed by atoms with Crippen LogP contribution in [0.2, 0.25) is 0 Å². The second-order valence-electron chi connectivity index (χ2n) is 5.78. The Bertz CT molecular complexity index is 207. The monoisotopic (exact) mass is 241 g/mol. The fraction of sp³-hybridized carbons (Fsp3) is 1.00. The number of hydrogen-bond acceptors (Lipinski definition) is 2. The molecule has 1 heterocycles. The van der Waals surface area contributed by atoms with Crippen LogP contribution < -0.4 is 5.32 Å². The van der Waals surface area contributed by atoms with E-state index in [2.05, 4.69) is 26.1 Å². The molecule has 3 atom stereocenters. The van der Waals surface area contributed by atoms with Gasteiger partial charge in [0.2, 0.25) is 0 Å². The first kappa shape index (κ1) is 15.0. The molecule has 0 saturated carbocycles. The third-order valence-electron chi connectivity index (χ3n) is 4.56. The van der Waals surface area contributed by atoms with E-state index in [1.807, 2.05) is 0 Å². The van der Waals surface area contributed by atoms with Gasteiger partial charge in [-0.1, -0.05) is 46.5 Å². The second-order valence-corrected chi connectivity index (χ2v) is 5.78. The Labute approximate surface area is 107 Å². The van der Waals surface area contributed by atoms with Crippen molar-refractivity contribution in [2.45, 2.75) is 71.3 Å². The summed E-state index contributed by atoms with van der Waals surface area (Å²) in [4.78, 5) is 0. The van der Waals surface area contributed by atoms with Crippen molar-refractivity contribution in [3.05, 3.63) is 0 Å². The normalized spacial score (nSPS) is 31.4. The minimum atomic E-state index is -0.394. The Balaban J connectivity index is 2.54. The highest BCUT2D eigenvalue weighted by Gasteiger charge is 2.38. The molecule has 0 bridgehead atoms. The van der Waals surface area contributed by atoms with Crippen LogP contribution in [-0.2, 0) is 0 Å². The zero-order chi connectivity index (χ0) is 12.7. The molecule has 102 valence electrons. The molecule has 1 saturated heterocycles. The van der Waals surface area contributed by atoms with Crippen LogP contribution in [0.15, 0.2) is 0 Å². The summed E-state index contributed by atoms with van der Waals surface area (Å²) in [5.41, 5.74) is -0.394. The summed E-state index contributed by atoms with van der Waals surface area (Å²) in [6.07, 6.45) is 8.13. The van der Waals surface area contributed by atoms with Crippen LogP contribution in [0.3, 0.4) is 0 Å². The zero-order valence-corrected chi connectivity index (χ0v) is 12.0. The lowest BCUT2D eigenvalue weighted by Gasteiger charge is -2.42. The van der Waals surface area contributed by atoms with E-state index in [9.17, 15) is 5.11 Å². The van der Waals surface area contributed by atoms with E-state index < -0.39 is 5.60 Å². The molecule has 17 heavy (non-hydrogen) atoms. The minimum Gasteiger partial charge on any atom is -0.389 e. The lowest BCUT2D eigenvalue weighted by Crippen LogP contribution is -2.50. The van der Waals surface area contributed by atoms with Crippen molar-refractivity contribution in [3.63, 3.8) is 0 Å². The summed E-state index contributed by atoms with van der Waals surface area (Å²) in [5.74, 6) is 1.17. The van der Waals surface area contributed by atoms with Crippen LogP contribution in [0.1, 0.15) is 65.7 Å². The molecule has 1 fully saturated rings. The first-order valence-electron chi connectivity index (χ1n) is 7.59. The van der Waals surface area contributed by atoms with Crippen LogP contribution in [-0.4, -0.2) is 23.8 Å². The standard InChI is InChI=1S/C15H31NO/c1-4-7-8-13(5-2)11-15(17)9-10-16-12-14(15)6-3/h13-14,16-17H,4-12H2,1-3H3. The summed E-state index contributed by atoms with van der Waals surface area (Å²) in [6, 6.07) is 0. The SMILES string of the molecule is CCCCC(CC)CC1(O)CCNCC1CC. The van der Waals surface area contributed by atoms with Gasteiger partial charge < -0.3 is 10.4 Å². The van der Waals surface area contributed by atoms with E-state index in [1.165, 1.54) is 25.7 Å². The molecule has 2 nitrogen and oxygen atoms in total. The molecule has 0 radical (unpaired) electrons. The van der Waals surface area contributed by atoms with Crippen molar-refractivity contribution in [3.8, 4) is 0 Å². The third-order valence-corrected chi connectivity index (χ3v) is 4.56. The van der Waals surface area contributed by atoms with Gasteiger partial charge in [0.1, 0.15) is 0 Å². The van der Waals surface area contributed by atoms with E-state index in [0.29, 0.717) is 11.8 Å². The number of hydrogen-bond donors (Lipinski definition) is 2. The fourth-order valence-electron chi connectivity index (χ4n) is 3.21. The summed E-state index contributed by atoms with van der Waals surface area (Å²) in [7, 11) is 0. The number of rotatable bonds is 7. The van der Waals surface area contributed by atoms with E-state index in [0.717, 1.165) is 32.4 Å². The van der Waals surface area contributed by atoms with Gasteiger partial charge in [-0.05, 0) is 37.6 Å². The molecule has 1 aliphatic rings. The average Bonchev–Trinajstić information content (AvgIpc) is 2.35. The maximum absolute atomic E-state index is 10.9. The smallest absolute Gasteiger partial charge is 0.0702 e. The lowest BCUT2D eigenvalue weighted by molar-refractivity contribution is -0.0615. The molecular weight excluding hydrogens is 210 g/mol. The topological polar surface area (TPSA) is 32.3 Å². The molecule has 0 aromatic rings. The van der Waals surface area contributed by atoms with Gasteiger partial charge >= 0.3 is 0 Å². The van der Waals surface area contributed by atoms with Crippen molar-refractivity contribution in [1.29, 1.82) is 0 Å². The summed E-state index contributed by atoms with van der Waals surface area (Å²) >= 11 is 0. The molecule has 0 aliphatic carbocycles. The molecule has 3 unspecified atom stereocenters. The Morgan fingerprint density at radius 1 is 1.35 bits per heavy atom. The summed E-state index contributed by atoms with van der Waals surface area (Å²) in [5, 5.41) is 14.3. The quantitative estimate of drug-likeness (QED) is 0.716. The van der Waals surface area contributed by atoms with Gasteiger partial charge in [0.05, 0.1) is 5.60 Å². The van der Waals surface area contributed by atoms with Crippen molar-refractivity contribution in [2.24, 2.45) is 11.8 Å². The van der Waals surface area contributed by atoms with Crippen molar-refractivity contribution >= 4 is 0 Å². The van der Waals surface area contributed by atoms with Gasteiger partial charge in [0, 0.05) is 6.54 Å². The highest BCUT2D eigenvalue weighted by molar-refractivity contribution is 4.92. The van der Waals surface area contributed by atoms with Crippen LogP contribution in [0, 0.1) is 11.8 Å². The molecule has 2 N–H and O–H groups in total. The van der Waals surface area contributed by atoms with Crippen molar-refractivity contribution < 1.29 is 5.11 Å². The molecule has 1 aliphatic heterocycles. The average molecular weight is 241 g/mol. The van der Waals surface area contributed by atoms with Crippen LogP contribution >= 0.6 is 0 Å². The molecule has 0 aromatic heterocycles. The fourth-order valence-corrected chi connectivity index (χ4v) is 3.21. The zero-order valence-electron chi connectivity index (χ0n) is 12.0. The number of aliphatic hydroxyl groups is 1. The number of unbranched alkanes of at least 4 members (excludes halogenated alkanes) is 1. The molecular formula is C15H31NO. The Morgan fingerprint density at radius 3 is 2.71 bits per heavy atom. The van der Waals surface area contributed by atoms with Crippen molar-refractivity contribution in [1.82, 2.24) is 5.32 Å². The van der Waals surface area contributed by atoms with Crippen molar-refractivity contribution in [2.75, 3.05) is 13.1 Å². The van der Waals surface area contributed by atoms with E-state index in [4.69, 9.17) is 0 Å². The molecule has 2 heteroatoms. The van der Waals surface area contributed by atoms with Gasteiger partial charge in [0.15, 0.2) is 0 Å². The highest BCUT2D eigenvalue weighted by Crippen LogP contribution is 2.35. The van der Waals surface area contributed by atoms with Gasteiger partial charge in [-0.15, -0.1) is 0 Å². The lowest BCUT2D eigenvalue weighted by atomic mass is 9.73. The van der Waals surface area contributed by atoms with E-state index >= 15 is 0 Å². The first-order chi connectivity index (χ1) is 8.16. The van der Waals surface area contributed by atoms with Gasteiger partial charge in [0.25, 0.3) is 0 Å². The van der Waals surface area contributed by atoms with E-state index in [-0.39, 0.29) is 0 Å². The molecule has 0 spiro atoms. The summed E-state index contributed by atoms with van der Waals surface area (Å²) in [6.45, 7) is 8.70. The Kier molecular flexibility index (Phi) is 6.50. The molecule has 0 amide bonds. The summed E-state index contributed by atoms with van der Waals surface area (Å²) < 4.78 is 0. The maximum atomic E-state index is 10.9. The Morgan fingerprint density at radius 2 is 2.12 bits per heavy atom. The Hall–Kier alpha value is -0.0800. The second kappa shape index (κ2) is 7.38. The largest absolute Gasteiger partial charge is 0.389 e.